The second-order valence-corrected chi connectivity index (χ2v) is 9.97. The lowest BCUT2D eigenvalue weighted by atomic mass is 10.0. The quantitative estimate of drug-likeness (QED) is 0.101. The van der Waals surface area contributed by atoms with Crippen molar-refractivity contribution in [2.45, 2.75) is 174 Å². The molecule has 0 saturated carbocycles. The second kappa shape index (κ2) is 25.6. The summed E-state index contributed by atoms with van der Waals surface area (Å²) in [5.41, 5.74) is 0. The average molecular weight is 469 g/mol. The van der Waals surface area contributed by atoms with Gasteiger partial charge in [-0.1, -0.05) is 136 Å². The summed E-state index contributed by atoms with van der Waals surface area (Å²) in [5, 5.41) is 9.11. The second-order valence-electron chi connectivity index (χ2n) is 9.97. The van der Waals surface area contributed by atoms with Gasteiger partial charge in [-0.2, -0.15) is 0 Å². The molecule has 33 heavy (non-hydrogen) atoms. The van der Waals surface area contributed by atoms with E-state index >= 15 is 0 Å². The molecule has 0 bridgehead atoms. The van der Waals surface area contributed by atoms with Crippen LogP contribution >= 0.6 is 0 Å². The first kappa shape index (κ1) is 31.9. The Morgan fingerprint density at radius 2 is 0.939 bits per heavy atom. The van der Waals surface area contributed by atoms with E-state index in [0.29, 0.717) is 12.8 Å². The van der Waals surface area contributed by atoms with Crippen LogP contribution in [-0.2, 0) is 14.3 Å². The molecule has 1 unspecified atom stereocenters. The highest BCUT2D eigenvalue weighted by molar-refractivity contribution is 5.71. The molecule has 0 fully saturated rings. The van der Waals surface area contributed by atoms with Crippen LogP contribution in [0.2, 0.25) is 0 Å². The Balaban J connectivity index is 3.63. The summed E-state index contributed by atoms with van der Waals surface area (Å²) in [5.74, 6) is -1.10. The van der Waals surface area contributed by atoms with Crippen LogP contribution in [0.3, 0.4) is 0 Å². The van der Waals surface area contributed by atoms with E-state index in [2.05, 4.69) is 13.8 Å². The van der Waals surface area contributed by atoms with Crippen LogP contribution in [0.15, 0.2) is 0 Å². The molecule has 1 N–H and O–H groups in total. The van der Waals surface area contributed by atoms with Crippen LogP contribution in [0.5, 0.6) is 0 Å². The van der Waals surface area contributed by atoms with Crippen molar-refractivity contribution in [3.63, 3.8) is 0 Å². The minimum Gasteiger partial charge on any atom is -0.481 e. The molecule has 1 atom stereocenters. The number of aliphatic carboxylic acids is 1. The molecule has 0 aliphatic heterocycles. The number of esters is 1. The summed E-state index contributed by atoms with van der Waals surface area (Å²) in [7, 11) is 0. The van der Waals surface area contributed by atoms with Crippen molar-refractivity contribution in [2.24, 2.45) is 0 Å². The summed E-state index contributed by atoms with van der Waals surface area (Å²) in [4.78, 5) is 23.2. The first-order valence-corrected chi connectivity index (χ1v) is 14.5. The number of carboxylic acid groups (broad SMARTS) is 1. The van der Waals surface area contributed by atoms with Crippen LogP contribution in [0.4, 0.5) is 0 Å². The number of carbonyl (C=O) groups excluding carboxylic acids is 1. The monoisotopic (exact) mass is 468 g/mol. The van der Waals surface area contributed by atoms with Crippen LogP contribution in [0.25, 0.3) is 0 Å². The topological polar surface area (TPSA) is 63.6 Å². The van der Waals surface area contributed by atoms with Gasteiger partial charge in [0.15, 0.2) is 0 Å². The van der Waals surface area contributed by atoms with Crippen molar-refractivity contribution >= 4 is 11.9 Å². The smallest absolute Gasteiger partial charge is 0.307 e. The predicted octanol–water partition coefficient (Wildman–Crippen LogP) is 9.39. The SMILES string of the molecule is CCCCCCCCCCCCCCCCC(=O)OC(CCCCCCCCC)CC(=O)O. The third-order valence-electron chi connectivity index (χ3n) is 6.56. The van der Waals surface area contributed by atoms with Gasteiger partial charge in [0.1, 0.15) is 6.10 Å². The molecule has 4 nitrogen and oxygen atoms in total. The highest BCUT2D eigenvalue weighted by Crippen LogP contribution is 2.16. The van der Waals surface area contributed by atoms with Crippen molar-refractivity contribution < 1.29 is 19.4 Å². The number of carbonyl (C=O) groups is 2. The summed E-state index contributed by atoms with van der Waals surface area (Å²) in [6.07, 6.45) is 26.9. The highest BCUT2D eigenvalue weighted by atomic mass is 16.5. The molecule has 196 valence electrons. The minimum absolute atomic E-state index is 0.0691. The van der Waals surface area contributed by atoms with Crippen LogP contribution < -0.4 is 0 Å². The van der Waals surface area contributed by atoms with Gasteiger partial charge in [-0.3, -0.25) is 9.59 Å². The van der Waals surface area contributed by atoms with Gasteiger partial charge in [0.2, 0.25) is 0 Å². The van der Waals surface area contributed by atoms with Crippen molar-refractivity contribution in [3.05, 3.63) is 0 Å². The first-order valence-electron chi connectivity index (χ1n) is 14.5. The van der Waals surface area contributed by atoms with Crippen molar-refractivity contribution in [1.82, 2.24) is 0 Å². The van der Waals surface area contributed by atoms with E-state index in [1.807, 2.05) is 0 Å². The summed E-state index contributed by atoms with van der Waals surface area (Å²) < 4.78 is 5.50. The predicted molar refractivity (Wildman–Crippen MR) is 140 cm³/mol. The van der Waals surface area contributed by atoms with Gasteiger partial charge in [-0.05, 0) is 19.3 Å². The van der Waals surface area contributed by atoms with Crippen molar-refractivity contribution in [3.8, 4) is 0 Å². The van der Waals surface area contributed by atoms with E-state index in [4.69, 9.17) is 9.84 Å². The molecule has 0 aromatic rings. The molecule has 0 aromatic carbocycles. The Morgan fingerprint density at radius 1 is 0.576 bits per heavy atom. The number of ether oxygens (including phenoxy) is 1. The van der Waals surface area contributed by atoms with Crippen molar-refractivity contribution in [2.75, 3.05) is 0 Å². The molecule has 0 rings (SSSR count). The number of rotatable bonds is 26. The molecule has 0 heterocycles. The van der Waals surface area contributed by atoms with E-state index in [1.54, 1.807) is 0 Å². The summed E-state index contributed by atoms with van der Waals surface area (Å²) >= 11 is 0. The third kappa shape index (κ3) is 25.4. The van der Waals surface area contributed by atoms with Gasteiger partial charge >= 0.3 is 11.9 Å². The zero-order valence-corrected chi connectivity index (χ0v) is 22.2. The van der Waals surface area contributed by atoms with Gasteiger partial charge in [-0.15, -0.1) is 0 Å². The van der Waals surface area contributed by atoms with E-state index in [-0.39, 0.29) is 12.4 Å². The Labute approximate surface area is 205 Å². The van der Waals surface area contributed by atoms with E-state index in [0.717, 1.165) is 25.7 Å². The van der Waals surface area contributed by atoms with Gasteiger partial charge in [0, 0.05) is 6.42 Å². The molecule has 0 radical (unpaired) electrons. The fourth-order valence-electron chi connectivity index (χ4n) is 4.44. The van der Waals surface area contributed by atoms with Crippen LogP contribution in [-0.4, -0.2) is 23.1 Å². The maximum Gasteiger partial charge on any atom is 0.307 e. The minimum atomic E-state index is -0.882. The molecule has 0 aliphatic rings. The highest BCUT2D eigenvalue weighted by Gasteiger charge is 2.17. The maximum atomic E-state index is 12.1. The Hall–Kier alpha value is -1.06. The fraction of sp³-hybridized carbons (Fsp3) is 0.931. The molecule has 0 aromatic heterocycles. The number of hydrogen-bond donors (Lipinski definition) is 1. The largest absolute Gasteiger partial charge is 0.481 e. The molecule has 4 heteroatoms. The molecule has 0 saturated heterocycles. The van der Waals surface area contributed by atoms with E-state index < -0.39 is 12.1 Å². The molecular formula is C29H56O4. The lowest BCUT2D eigenvalue weighted by Crippen LogP contribution is -2.21. The Morgan fingerprint density at radius 3 is 1.33 bits per heavy atom. The number of unbranched alkanes of at least 4 members (excludes halogenated alkanes) is 19. The Bertz CT molecular complexity index is 435. The maximum absolute atomic E-state index is 12.1. The number of carboxylic acids is 1. The standard InChI is InChI=1S/C29H56O4/c1-3-5-7-9-11-12-13-14-15-16-17-19-21-23-25-29(32)33-27(26-28(30)31)24-22-20-18-10-8-6-4-2/h27H,3-26H2,1-2H3,(H,30,31). The molecule has 0 spiro atoms. The molecule has 0 aliphatic carbocycles. The first-order chi connectivity index (χ1) is 16.1. The van der Waals surface area contributed by atoms with Gasteiger partial charge in [0.05, 0.1) is 6.42 Å². The lowest BCUT2D eigenvalue weighted by molar-refractivity contribution is -0.153. The van der Waals surface area contributed by atoms with Crippen LogP contribution in [0, 0.1) is 0 Å². The molecule has 0 amide bonds. The normalized spacial score (nSPS) is 12.1. The Kier molecular flexibility index (Phi) is 24.7. The van der Waals surface area contributed by atoms with Gasteiger partial charge in [0.25, 0.3) is 0 Å². The zero-order chi connectivity index (χ0) is 24.4. The summed E-state index contributed by atoms with van der Waals surface area (Å²) in [6, 6.07) is 0. The zero-order valence-electron chi connectivity index (χ0n) is 22.2. The van der Waals surface area contributed by atoms with Crippen LogP contribution in [0.1, 0.15) is 168 Å². The van der Waals surface area contributed by atoms with Gasteiger partial charge in [-0.25, -0.2) is 0 Å². The fourth-order valence-corrected chi connectivity index (χ4v) is 4.44. The number of hydrogen-bond acceptors (Lipinski definition) is 3. The van der Waals surface area contributed by atoms with E-state index in [9.17, 15) is 9.59 Å². The van der Waals surface area contributed by atoms with Crippen molar-refractivity contribution in [1.29, 1.82) is 0 Å². The molecular weight excluding hydrogens is 412 g/mol. The van der Waals surface area contributed by atoms with E-state index in [1.165, 1.54) is 109 Å². The van der Waals surface area contributed by atoms with Gasteiger partial charge < -0.3 is 9.84 Å². The third-order valence-corrected chi connectivity index (χ3v) is 6.56. The lowest BCUT2D eigenvalue weighted by Gasteiger charge is -2.16. The average Bonchev–Trinajstić information content (AvgIpc) is 2.78. The summed E-state index contributed by atoms with van der Waals surface area (Å²) in [6.45, 7) is 4.48.